The quantitative estimate of drug-likeness (QED) is 0.753. The standard InChI is InChI=1S/C14H22ClNO/c1-4-12-9-13(5-6-14(12)15)17-8-7-16-10-11(2)3/h5-6,9,11,16H,4,7-8,10H2,1-3H3. The van der Waals surface area contributed by atoms with E-state index >= 15 is 0 Å². The van der Waals surface area contributed by atoms with Crippen LogP contribution in [0.3, 0.4) is 0 Å². The molecule has 0 radical (unpaired) electrons. The van der Waals surface area contributed by atoms with Gasteiger partial charge in [0.15, 0.2) is 0 Å². The lowest BCUT2D eigenvalue weighted by atomic mass is 10.1. The van der Waals surface area contributed by atoms with Crippen LogP contribution in [0.4, 0.5) is 0 Å². The molecule has 0 amide bonds. The van der Waals surface area contributed by atoms with E-state index in [0.29, 0.717) is 12.5 Å². The highest BCUT2D eigenvalue weighted by Crippen LogP contribution is 2.22. The molecule has 1 aromatic carbocycles. The number of rotatable bonds is 7. The first-order valence-electron chi connectivity index (χ1n) is 6.25. The van der Waals surface area contributed by atoms with Crippen molar-refractivity contribution < 1.29 is 4.74 Å². The Morgan fingerprint density at radius 1 is 1.35 bits per heavy atom. The van der Waals surface area contributed by atoms with Gasteiger partial charge >= 0.3 is 0 Å². The Labute approximate surface area is 109 Å². The van der Waals surface area contributed by atoms with E-state index in [2.05, 4.69) is 26.1 Å². The first-order valence-corrected chi connectivity index (χ1v) is 6.63. The van der Waals surface area contributed by atoms with Gasteiger partial charge in [0.25, 0.3) is 0 Å². The average Bonchev–Trinajstić information content (AvgIpc) is 2.30. The van der Waals surface area contributed by atoms with Crippen LogP contribution in [0, 0.1) is 5.92 Å². The third kappa shape index (κ3) is 5.42. The van der Waals surface area contributed by atoms with Crippen LogP contribution in [0.25, 0.3) is 0 Å². The number of benzene rings is 1. The summed E-state index contributed by atoms with van der Waals surface area (Å²) in [5.74, 6) is 1.58. The van der Waals surface area contributed by atoms with E-state index in [4.69, 9.17) is 16.3 Å². The van der Waals surface area contributed by atoms with Crippen LogP contribution in [0.5, 0.6) is 5.75 Å². The highest BCUT2D eigenvalue weighted by atomic mass is 35.5. The van der Waals surface area contributed by atoms with Gasteiger partial charge in [-0.15, -0.1) is 0 Å². The predicted octanol–water partition coefficient (Wildman–Crippen LogP) is 3.53. The second kappa shape index (κ2) is 7.57. The number of nitrogens with one attached hydrogen (secondary N) is 1. The molecule has 0 saturated carbocycles. The summed E-state index contributed by atoms with van der Waals surface area (Å²) in [6.07, 6.45) is 0.932. The number of halogens is 1. The minimum atomic E-state index is 0.678. The van der Waals surface area contributed by atoms with Gasteiger partial charge in [-0.3, -0.25) is 0 Å². The van der Waals surface area contributed by atoms with Crippen LogP contribution in [-0.2, 0) is 6.42 Å². The van der Waals surface area contributed by atoms with E-state index in [-0.39, 0.29) is 0 Å². The minimum Gasteiger partial charge on any atom is -0.492 e. The summed E-state index contributed by atoms with van der Waals surface area (Å²) >= 11 is 6.05. The molecule has 3 heteroatoms. The summed E-state index contributed by atoms with van der Waals surface area (Å²) in [5.41, 5.74) is 1.14. The normalized spacial score (nSPS) is 10.9. The molecule has 0 unspecified atom stereocenters. The van der Waals surface area contributed by atoms with Crippen molar-refractivity contribution in [3.8, 4) is 5.75 Å². The maximum absolute atomic E-state index is 6.05. The fourth-order valence-corrected chi connectivity index (χ4v) is 1.79. The molecular weight excluding hydrogens is 234 g/mol. The number of aryl methyl sites for hydroxylation is 1. The molecule has 0 aromatic heterocycles. The lowest BCUT2D eigenvalue weighted by Crippen LogP contribution is -2.24. The first-order chi connectivity index (χ1) is 8.13. The molecule has 0 aliphatic heterocycles. The molecule has 0 aliphatic carbocycles. The van der Waals surface area contributed by atoms with Crippen molar-refractivity contribution >= 4 is 11.6 Å². The van der Waals surface area contributed by atoms with E-state index in [1.165, 1.54) is 0 Å². The monoisotopic (exact) mass is 255 g/mol. The Balaban J connectivity index is 2.32. The minimum absolute atomic E-state index is 0.678. The van der Waals surface area contributed by atoms with Gasteiger partial charge in [0.1, 0.15) is 12.4 Å². The van der Waals surface area contributed by atoms with Gasteiger partial charge in [-0.05, 0) is 42.6 Å². The topological polar surface area (TPSA) is 21.3 Å². The molecule has 17 heavy (non-hydrogen) atoms. The molecule has 0 saturated heterocycles. The van der Waals surface area contributed by atoms with Gasteiger partial charge in [0.05, 0.1) is 0 Å². The molecular formula is C14H22ClNO. The predicted molar refractivity (Wildman–Crippen MR) is 74.0 cm³/mol. The second-order valence-corrected chi connectivity index (χ2v) is 4.96. The largest absolute Gasteiger partial charge is 0.492 e. The molecule has 0 heterocycles. The van der Waals surface area contributed by atoms with Crippen LogP contribution in [0.2, 0.25) is 5.02 Å². The maximum atomic E-state index is 6.05. The Bertz CT molecular complexity index is 339. The van der Waals surface area contributed by atoms with Crippen molar-refractivity contribution in [2.45, 2.75) is 27.2 Å². The zero-order valence-electron chi connectivity index (χ0n) is 10.9. The molecule has 0 atom stereocenters. The summed E-state index contributed by atoms with van der Waals surface area (Å²) in [7, 11) is 0. The lowest BCUT2D eigenvalue weighted by Gasteiger charge is -2.10. The zero-order valence-corrected chi connectivity index (χ0v) is 11.7. The van der Waals surface area contributed by atoms with Crippen molar-refractivity contribution in [1.29, 1.82) is 0 Å². The molecule has 1 N–H and O–H groups in total. The summed E-state index contributed by atoms with van der Waals surface area (Å²) in [4.78, 5) is 0. The van der Waals surface area contributed by atoms with Crippen LogP contribution in [0.15, 0.2) is 18.2 Å². The Kier molecular flexibility index (Phi) is 6.38. The molecule has 1 aromatic rings. The van der Waals surface area contributed by atoms with Crippen LogP contribution in [0.1, 0.15) is 26.3 Å². The van der Waals surface area contributed by atoms with E-state index in [1.807, 2.05) is 18.2 Å². The fraction of sp³-hybridized carbons (Fsp3) is 0.571. The highest BCUT2D eigenvalue weighted by Gasteiger charge is 2.01. The van der Waals surface area contributed by atoms with Gasteiger partial charge < -0.3 is 10.1 Å². The third-order valence-electron chi connectivity index (χ3n) is 2.50. The smallest absolute Gasteiger partial charge is 0.119 e. The van der Waals surface area contributed by atoms with Gasteiger partial charge in [-0.2, -0.15) is 0 Å². The van der Waals surface area contributed by atoms with Crippen molar-refractivity contribution in [3.05, 3.63) is 28.8 Å². The van der Waals surface area contributed by atoms with Gasteiger partial charge in [-0.1, -0.05) is 32.4 Å². The lowest BCUT2D eigenvalue weighted by molar-refractivity contribution is 0.311. The van der Waals surface area contributed by atoms with Gasteiger partial charge in [0.2, 0.25) is 0 Å². The summed E-state index contributed by atoms with van der Waals surface area (Å²) in [5, 5.41) is 4.16. The van der Waals surface area contributed by atoms with E-state index < -0.39 is 0 Å². The molecule has 0 fully saturated rings. The Morgan fingerprint density at radius 3 is 2.76 bits per heavy atom. The van der Waals surface area contributed by atoms with Crippen molar-refractivity contribution in [3.63, 3.8) is 0 Å². The number of hydrogen-bond donors (Lipinski definition) is 1. The van der Waals surface area contributed by atoms with Gasteiger partial charge in [0, 0.05) is 11.6 Å². The van der Waals surface area contributed by atoms with E-state index in [1.54, 1.807) is 0 Å². The number of hydrogen-bond acceptors (Lipinski definition) is 2. The molecule has 0 spiro atoms. The Hall–Kier alpha value is -0.730. The fourth-order valence-electron chi connectivity index (χ4n) is 1.54. The molecule has 0 bridgehead atoms. The molecule has 0 aliphatic rings. The highest BCUT2D eigenvalue weighted by molar-refractivity contribution is 6.31. The van der Waals surface area contributed by atoms with E-state index in [0.717, 1.165) is 35.8 Å². The molecule has 2 nitrogen and oxygen atoms in total. The van der Waals surface area contributed by atoms with Crippen LogP contribution >= 0.6 is 11.6 Å². The SMILES string of the molecule is CCc1cc(OCCNCC(C)C)ccc1Cl. The zero-order chi connectivity index (χ0) is 12.7. The molecule has 1 rings (SSSR count). The van der Waals surface area contributed by atoms with E-state index in [9.17, 15) is 0 Å². The Morgan fingerprint density at radius 2 is 2.12 bits per heavy atom. The van der Waals surface area contributed by atoms with Crippen molar-refractivity contribution in [2.24, 2.45) is 5.92 Å². The van der Waals surface area contributed by atoms with Crippen LogP contribution in [-0.4, -0.2) is 19.7 Å². The summed E-state index contributed by atoms with van der Waals surface area (Å²) in [6, 6.07) is 5.84. The van der Waals surface area contributed by atoms with Gasteiger partial charge in [-0.25, -0.2) is 0 Å². The van der Waals surface area contributed by atoms with Crippen molar-refractivity contribution in [1.82, 2.24) is 5.32 Å². The maximum Gasteiger partial charge on any atom is 0.119 e. The first kappa shape index (κ1) is 14.3. The van der Waals surface area contributed by atoms with Crippen molar-refractivity contribution in [2.75, 3.05) is 19.7 Å². The molecule has 96 valence electrons. The summed E-state index contributed by atoms with van der Waals surface area (Å²) in [6.45, 7) is 9.08. The number of ether oxygens (including phenoxy) is 1. The second-order valence-electron chi connectivity index (χ2n) is 4.55. The third-order valence-corrected chi connectivity index (χ3v) is 2.87. The average molecular weight is 256 g/mol. The summed E-state index contributed by atoms with van der Waals surface area (Å²) < 4.78 is 5.66. The van der Waals surface area contributed by atoms with Crippen LogP contribution < -0.4 is 10.1 Å².